The quantitative estimate of drug-likeness (QED) is 0.836. The van der Waals surface area contributed by atoms with Crippen molar-refractivity contribution in [2.75, 3.05) is 31.2 Å². The maximum atomic E-state index is 13.0. The maximum absolute atomic E-state index is 13.0. The summed E-state index contributed by atoms with van der Waals surface area (Å²) in [7, 11) is 0. The molecule has 1 fully saturated rings. The largest absolute Gasteiger partial charge is 0.417 e. The lowest BCUT2D eigenvalue weighted by atomic mass is 9.99. The predicted octanol–water partition coefficient (Wildman–Crippen LogP) is 3.25. The van der Waals surface area contributed by atoms with Gasteiger partial charge in [0.15, 0.2) is 0 Å². The highest BCUT2D eigenvalue weighted by atomic mass is 35.5. The molecule has 1 saturated heterocycles. The smallest absolute Gasteiger partial charge is 0.381 e. The van der Waals surface area contributed by atoms with Crippen LogP contribution in [0.3, 0.4) is 0 Å². The molecule has 1 aromatic carbocycles. The molecule has 144 valence electrons. The molecule has 0 atom stereocenters. The Morgan fingerprint density at radius 2 is 1.96 bits per heavy atom. The van der Waals surface area contributed by atoms with Gasteiger partial charge in [0.1, 0.15) is 0 Å². The van der Waals surface area contributed by atoms with Crippen molar-refractivity contribution in [1.29, 1.82) is 0 Å². The highest BCUT2D eigenvalue weighted by Crippen LogP contribution is 2.36. The summed E-state index contributed by atoms with van der Waals surface area (Å²) in [4.78, 5) is 25.1. The van der Waals surface area contributed by atoms with Crippen molar-refractivity contribution < 1.29 is 27.5 Å². The van der Waals surface area contributed by atoms with Crippen LogP contribution in [0.1, 0.15) is 25.3 Å². The first kappa shape index (κ1) is 20.5. The van der Waals surface area contributed by atoms with E-state index in [-0.39, 0.29) is 30.6 Å². The second kappa shape index (κ2) is 8.73. The number of amides is 2. The van der Waals surface area contributed by atoms with E-state index in [1.165, 1.54) is 17.9 Å². The average Bonchev–Trinajstić information content (AvgIpc) is 2.59. The van der Waals surface area contributed by atoms with E-state index < -0.39 is 22.7 Å². The number of ether oxygens (including phenoxy) is 1. The molecule has 0 bridgehead atoms. The molecule has 5 nitrogen and oxygen atoms in total. The van der Waals surface area contributed by atoms with Crippen LogP contribution in [0.25, 0.3) is 0 Å². The van der Waals surface area contributed by atoms with Gasteiger partial charge in [0.05, 0.1) is 10.6 Å². The highest BCUT2D eigenvalue weighted by molar-refractivity contribution is 6.31. The van der Waals surface area contributed by atoms with Gasteiger partial charge in [-0.05, 0) is 31.0 Å². The van der Waals surface area contributed by atoms with Gasteiger partial charge in [-0.3, -0.25) is 9.59 Å². The molecule has 1 aromatic rings. The number of carbonyl (C=O) groups is 2. The number of nitrogens with one attached hydrogen (secondary N) is 1. The van der Waals surface area contributed by atoms with E-state index in [1.807, 2.05) is 0 Å². The maximum Gasteiger partial charge on any atom is 0.417 e. The zero-order valence-electron chi connectivity index (χ0n) is 14.2. The Morgan fingerprint density at radius 1 is 1.31 bits per heavy atom. The average molecular weight is 393 g/mol. The Kier molecular flexibility index (Phi) is 6.88. The molecule has 0 aromatic heterocycles. The monoisotopic (exact) mass is 392 g/mol. The minimum absolute atomic E-state index is 0.0588. The summed E-state index contributed by atoms with van der Waals surface area (Å²) < 4.78 is 44.2. The van der Waals surface area contributed by atoms with E-state index in [2.05, 4.69) is 5.32 Å². The van der Waals surface area contributed by atoms with Crippen LogP contribution in [0.5, 0.6) is 0 Å². The van der Waals surface area contributed by atoms with Crippen LogP contribution in [0, 0.1) is 5.92 Å². The topological polar surface area (TPSA) is 58.6 Å². The fourth-order valence-electron chi connectivity index (χ4n) is 2.76. The Labute approximate surface area is 154 Å². The van der Waals surface area contributed by atoms with E-state index >= 15 is 0 Å². The zero-order valence-corrected chi connectivity index (χ0v) is 15.0. The first-order valence-corrected chi connectivity index (χ1v) is 8.58. The van der Waals surface area contributed by atoms with Crippen LogP contribution in [-0.4, -0.2) is 38.1 Å². The van der Waals surface area contributed by atoms with Crippen molar-refractivity contribution in [2.24, 2.45) is 5.92 Å². The van der Waals surface area contributed by atoms with Crippen LogP contribution in [0.4, 0.5) is 18.9 Å². The minimum atomic E-state index is -4.62. The third-order valence-electron chi connectivity index (χ3n) is 4.17. The summed E-state index contributed by atoms with van der Waals surface area (Å²) in [5.41, 5.74) is -0.927. The van der Waals surface area contributed by atoms with Gasteiger partial charge >= 0.3 is 6.18 Å². The third kappa shape index (κ3) is 5.35. The van der Waals surface area contributed by atoms with Crippen molar-refractivity contribution in [1.82, 2.24) is 5.32 Å². The normalized spacial score (nSPS) is 15.6. The van der Waals surface area contributed by atoms with Crippen LogP contribution >= 0.6 is 11.6 Å². The second-order valence-corrected chi connectivity index (χ2v) is 6.42. The van der Waals surface area contributed by atoms with Crippen LogP contribution in [0.15, 0.2) is 18.2 Å². The first-order valence-electron chi connectivity index (χ1n) is 8.20. The zero-order chi connectivity index (χ0) is 19.3. The molecule has 2 amide bonds. The SMILES string of the molecule is CC(=O)N(CCNC(=O)C1CCOCC1)c1ccc(Cl)c(C(F)(F)F)c1. The lowest BCUT2D eigenvalue weighted by Crippen LogP contribution is -2.40. The molecule has 1 N–H and O–H groups in total. The number of hydrogen-bond acceptors (Lipinski definition) is 3. The van der Waals surface area contributed by atoms with Gasteiger partial charge in [-0.25, -0.2) is 0 Å². The third-order valence-corrected chi connectivity index (χ3v) is 4.50. The van der Waals surface area contributed by atoms with E-state index in [0.717, 1.165) is 12.1 Å². The molecule has 1 aliphatic heterocycles. The first-order chi connectivity index (χ1) is 12.2. The van der Waals surface area contributed by atoms with Crippen molar-refractivity contribution in [3.63, 3.8) is 0 Å². The molecule has 1 aliphatic rings. The molecule has 0 radical (unpaired) electrons. The Bertz CT molecular complexity index is 661. The number of rotatable bonds is 5. The van der Waals surface area contributed by atoms with Gasteiger partial charge in [-0.15, -0.1) is 0 Å². The van der Waals surface area contributed by atoms with Crippen molar-refractivity contribution in [3.8, 4) is 0 Å². The van der Waals surface area contributed by atoms with Gasteiger partial charge in [-0.2, -0.15) is 13.2 Å². The summed E-state index contributed by atoms with van der Waals surface area (Å²) in [6.07, 6.45) is -3.35. The number of halogens is 4. The lowest BCUT2D eigenvalue weighted by Gasteiger charge is -2.24. The predicted molar refractivity (Wildman–Crippen MR) is 91.0 cm³/mol. The number of alkyl halides is 3. The standard InChI is InChI=1S/C17H20ClF3N2O3/c1-11(24)23(7-6-22-16(25)12-4-8-26-9-5-12)13-2-3-15(18)14(10-13)17(19,20)21/h2-3,10,12H,4-9H2,1H3,(H,22,25). The summed E-state index contributed by atoms with van der Waals surface area (Å²) in [6, 6.07) is 3.29. The number of nitrogens with zero attached hydrogens (tertiary/aromatic N) is 1. The Morgan fingerprint density at radius 3 is 2.54 bits per heavy atom. The molecule has 26 heavy (non-hydrogen) atoms. The van der Waals surface area contributed by atoms with E-state index in [0.29, 0.717) is 26.1 Å². The molecule has 1 heterocycles. The van der Waals surface area contributed by atoms with Gasteiger partial charge in [0.25, 0.3) is 0 Å². The fourth-order valence-corrected chi connectivity index (χ4v) is 2.99. The number of carbonyl (C=O) groups excluding carboxylic acids is 2. The molecule has 0 unspecified atom stereocenters. The molecular formula is C17H20ClF3N2O3. The van der Waals surface area contributed by atoms with Crippen LogP contribution in [0.2, 0.25) is 5.02 Å². The minimum Gasteiger partial charge on any atom is -0.381 e. The second-order valence-electron chi connectivity index (χ2n) is 6.01. The molecule has 0 spiro atoms. The van der Waals surface area contributed by atoms with Gasteiger partial charge in [-0.1, -0.05) is 11.6 Å². The summed E-state index contributed by atoms with van der Waals surface area (Å²) >= 11 is 5.61. The van der Waals surface area contributed by atoms with Gasteiger partial charge < -0.3 is 15.0 Å². The number of anilines is 1. The van der Waals surface area contributed by atoms with E-state index in [1.54, 1.807) is 0 Å². The lowest BCUT2D eigenvalue weighted by molar-refractivity contribution is -0.137. The highest BCUT2D eigenvalue weighted by Gasteiger charge is 2.34. The molecule has 9 heteroatoms. The van der Waals surface area contributed by atoms with Crippen molar-refractivity contribution in [2.45, 2.75) is 25.9 Å². The fraction of sp³-hybridized carbons (Fsp3) is 0.529. The molecular weight excluding hydrogens is 373 g/mol. The van der Waals surface area contributed by atoms with Crippen molar-refractivity contribution >= 4 is 29.1 Å². The summed E-state index contributed by atoms with van der Waals surface area (Å²) in [5.74, 6) is -0.702. The van der Waals surface area contributed by atoms with Gasteiger partial charge in [0.2, 0.25) is 11.8 Å². The summed E-state index contributed by atoms with van der Waals surface area (Å²) in [6.45, 7) is 2.51. The van der Waals surface area contributed by atoms with E-state index in [4.69, 9.17) is 16.3 Å². The van der Waals surface area contributed by atoms with Gasteiger partial charge in [0, 0.05) is 44.8 Å². The number of benzene rings is 1. The molecule has 0 aliphatic carbocycles. The van der Waals surface area contributed by atoms with Crippen LogP contribution in [-0.2, 0) is 20.5 Å². The number of hydrogen-bond donors (Lipinski definition) is 1. The van der Waals surface area contributed by atoms with Crippen molar-refractivity contribution in [3.05, 3.63) is 28.8 Å². The van der Waals surface area contributed by atoms with Crippen LogP contribution < -0.4 is 10.2 Å². The molecule has 0 saturated carbocycles. The Balaban J connectivity index is 2.03. The Hall–Kier alpha value is -1.80. The molecule has 2 rings (SSSR count). The summed E-state index contributed by atoms with van der Waals surface area (Å²) in [5, 5.41) is 2.29. The van der Waals surface area contributed by atoms with E-state index in [9.17, 15) is 22.8 Å².